The number of aromatic amines is 1. The molecule has 8 heteroatoms. The SMILES string of the molecule is CC[C@H]1CCCCN1C(=O)COC(=O)c1sc2nc(C)[nH]c(=O)c2c1C. The zero-order valence-electron chi connectivity index (χ0n) is 15.3. The van der Waals surface area contributed by atoms with E-state index < -0.39 is 5.97 Å². The first-order valence-electron chi connectivity index (χ1n) is 8.89. The second-order valence-corrected chi connectivity index (χ2v) is 7.61. The number of carbonyl (C=O) groups is 2. The molecule has 0 saturated carbocycles. The Balaban J connectivity index is 1.73. The smallest absolute Gasteiger partial charge is 0.349 e. The molecule has 2 aromatic heterocycles. The van der Waals surface area contributed by atoms with E-state index in [1.54, 1.807) is 13.8 Å². The van der Waals surface area contributed by atoms with Gasteiger partial charge in [-0.25, -0.2) is 9.78 Å². The number of piperidine rings is 1. The molecule has 0 aliphatic carbocycles. The molecule has 7 nitrogen and oxygen atoms in total. The quantitative estimate of drug-likeness (QED) is 0.827. The van der Waals surface area contributed by atoms with E-state index in [0.717, 1.165) is 43.6 Å². The van der Waals surface area contributed by atoms with Crippen molar-refractivity contribution in [2.24, 2.45) is 0 Å². The van der Waals surface area contributed by atoms with Gasteiger partial charge in [0, 0.05) is 12.6 Å². The van der Waals surface area contributed by atoms with Gasteiger partial charge in [-0.15, -0.1) is 11.3 Å². The Kier molecular flexibility index (Phi) is 5.41. The zero-order chi connectivity index (χ0) is 18.8. The molecule has 1 aliphatic heterocycles. The van der Waals surface area contributed by atoms with Gasteiger partial charge in [-0.1, -0.05) is 6.92 Å². The molecule has 1 fully saturated rings. The Morgan fingerprint density at radius 1 is 1.35 bits per heavy atom. The lowest BCUT2D eigenvalue weighted by atomic mass is 10.00. The fraction of sp³-hybridized carbons (Fsp3) is 0.556. The van der Waals surface area contributed by atoms with Gasteiger partial charge in [0.15, 0.2) is 6.61 Å². The van der Waals surface area contributed by atoms with E-state index in [1.807, 2.05) is 4.90 Å². The summed E-state index contributed by atoms with van der Waals surface area (Å²) < 4.78 is 5.26. The number of ether oxygens (including phenoxy) is 1. The fourth-order valence-electron chi connectivity index (χ4n) is 3.48. The Labute approximate surface area is 155 Å². The van der Waals surface area contributed by atoms with Crippen molar-refractivity contribution in [2.45, 2.75) is 52.5 Å². The van der Waals surface area contributed by atoms with E-state index in [2.05, 4.69) is 16.9 Å². The standard InChI is InChI=1S/C18H23N3O4S/c1-4-12-7-5-6-8-21(12)13(22)9-25-18(24)15-10(2)14-16(23)19-11(3)20-17(14)26-15/h12H,4-9H2,1-3H3,(H,19,20,23)/t12-/m0/s1. The Hall–Kier alpha value is -2.22. The van der Waals surface area contributed by atoms with E-state index in [-0.39, 0.29) is 24.1 Å². The van der Waals surface area contributed by atoms with Gasteiger partial charge in [-0.05, 0) is 45.1 Å². The largest absolute Gasteiger partial charge is 0.451 e. The summed E-state index contributed by atoms with van der Waals surface area (Å²) in [5, 5.41) is 0.404. The minimum Gasteiger partial charge on any atom is -0.451 e. The van der Waals surface area contributed by atoms with Crippen molar-refractivity contribution in [3.8, 4) is 0 Å². The maximum Gasteiger partial charge on any atom is 0.349 e. The van der Waals surface area contributed by atoms with Crippen molar-refractivity contribution < 1.29 is 14.3 Å². The van der Waals surface area contributed by atoms with Gasteiger partial charge in [0.25, 0.3) is 11.5 Å². The number of hydrogen-bond donors (Lipinski definition) is 1. The van der Waals surface area contributed by atoms with Crippen LogP contribution in [0.5, 0.6) is 0 Å². The highest BCUT2D eigenvalue weighted by Gasteiger charge is 2.27. The zero-order valence-corrected chi connectivity index (χ0v) is 16.1. The van der Waals surface area contributed by atoms with Gasteiger partial charge in [-0.3, -0.25) is 9.59 Å². The lowest BCUT2D eigenvalue weighted by Gasteiger charge is -2.35. The second-order valence-electron chi connectivity index (χ2n) is 6.61. The summed E-state index contributed by atoms with van der Waals surface area (Å²) in [5.74, 6) is -0.244. The van der Waals surface area contributed by atoms with Crippen LogP contribution in [0.2, 0.25) is 0 Å². The van der Waals surface area contributed by atoms with Crippen LogP contribution in [0.25, 0.3) is 10.2 Å². The predicted molar refractivity (Wildman–Crippen MR) is 99.6 cm³/mol. The van der Waals surface area contributed by atoms with E-state index in [4.69, 9.17) is 4.74 Å². The molecule has 26 heavy (non-hydrogen) atoms. The maximum atomic E-state index is 12.4. The molecule has 3 rings (SSSR count). The van der Waals surface area contributed by atoms with E-state index in [0.29, 0.717) is 26.5 Å². The first-order chi connectivity index (χ1) is 12.4. The van der Waals surface area contributed by atoms with Crippen molar-refractivity contribution >= 4 is 33.4 Å². The molecule has 1 saturated heterocycles. The molecular weight excluding hydrogens is 354 g/mol. The molecule has 0 radical (unpaired) electrons. The van der Waals surface area contributed by atoms with E-state index in [1.165, 1.54) is 0 Å². The Morgan fingerprint density at radius 2 is 2.12 bits per heavy atom. The number of aryl methyl sites for hydroxylation is 2. The second kappa shape index (κ2) is 7.57. The average molecular weight is 377 g/mol. The highest BCUT2D eigenvalue weighted by molar-refractivity contribution is 7.20. The normalized spacial score (nSPS) is 17.5. The van der Waals surface area contributed by atoms with Gasteiger partial charge in [0.2, 0.25) is 0 Å². The molecule has 0 unspecified atom stereocenters. The fourth-order valence-corrected chi connectivity index (χ4v) is 4.60. The number of rotatable bonds is 4. The lowest BCUT2D eigenvalue weighted by molar-refractivity contribution is -0.138. The van der Waals surface area contributed by atoms with Gasteiger partial charge < -0.3 is 14.6 Å². The van der Waals surface area contributed by atoms with Crippen LogP contribution in [0.4, 0.5) is 0 Å². The summed E-state index contributed by atoms with van der Waals surface area (Å²) in [7, 11) is 0. The summed E-state index contributed by atoms with van der Waals surface area (Å²) in [6.07, 6.45) is 4.02. The number of aromatic nitrogens is 2. The lowest BCUT2D eigenvalue weighted by Crippen LogP contribution is -2.45. The number of hydrogen-bond acceptors (Lipinski definition) is 6. The first kappa shape index (κ1) is 18.6. The summed E-state index contributed by atoms with van der Waals surface area (Å²) >= 11 is 1.12. The van der Waals surface area contributed by atoms with Crippen LogP contribution in [-0.4, -0.2) is 45.9 Å². The number of esters is 1. The monoisotopic (exact) mass is 377 g/mol. The van der Waals surface area contributed by atoms with Gasteiger partial charge in [0.1, 0.15) is 15.5 Å². The van der Waals surface area contributed by atoms with Crippen LogP contribution < -0.4 is 5.56 Å². The van der Waals surface area contributed by atoms with Crippen LogP contribution in [0, 0.1) is 13.8 Å². The topological polar surface area (TPSA) is 92.4 Å². The highest BCUT2D eigenvalue weighted by Crippen LogP contribution is 2.27. The molecule has 0 aromatic carbocycles. The van der Waals surface area contributed by atoms with Crippen molar-refractivity contribution in [3.05, 3.63) is 26.6 Å². The average Bonchev–Trinajstić information content (AvgIpc) is 2.95. The molecule has 140 valence electrons. The first-order valence-corrected chi connectivity index (χ1v) is 9.70. The highest BCUT2D eigenvalue weighted by atomic mass is 32.1. The van der Waals surface area contributed by atoms with Gasteiger partial charge in [0.05, 0.1) is 5.39 Å². The van der Waals surface area contributed by atoms with Crippen LogP contribution in [-0.2, 0) is 9.53 Å². The summed E-state index contributed by atoms with van der Waals surface area (Å²) in [6.45, 7) is 5.90. The number of H-pyrrole nitrogens is 1. The third-order valence-corrected chi connectivity index (χ3v) is 6.02. The number of nitrogens with zero attached hydrogens (tertiary/aromatic N) is 2. The number of thiophene rings is 1. The Morgan fingerprint density at radius 3 is 2.85 bits per heavy atom. The number of nitrogens with one attached hydrogen (secondary N) is 1. The molecule has 0 bridgehead atoms. The summed E-state index contributed by atoms with van der Waals surface area (Å²) in [6, 6.07) is 0.228. The third kappa shape index (κ3) is 3.51. The molecular formula is C18H23N3O4S. The molecule has 1 N–H and O–H groups in total. The molecule has 2 aromatic rings. The van der Waals surface area contributed by atoms with Crippen LogP contribution in [0.15, 0.2) is 4.79 Å². The maximum absolute atomic E-state index is 12.4. The molecule has 1 amide bonds. The van der Waals surface area contributed by atoms with Crippen LogP contribution >= 0.6 is 11.3 Å². The van der Waals surface area contributed by atoms with Crippen LogP contribution in [0.3, 0.4) is 0 Å². The van der Waals surface area contributed by atoms with E-state index >= 15 is 0 Å². The van der Waals surface area contributed by atoms with Gasteiger partial charge in [-0.2, -0.15) is 0 Å². The molecule has 3 heterocycles. The van der Waals surface area contributed by atoms with Crippen molar-refractivity contribution in [1.82, 2.24) is 14.9 Å². The molecule has 1 atom stereocenters. The third-order valence-electron chi connectivity index (χ3n) is 4.85. The predicted octanol–water partition coefficient (Wildman–Crippen LogP) is 2.55. The molecule has 1 aliphatic rings. The minimum atomic E-state index is -0.582. The number of likely N-dealkylation sites (tertiary alicyclic amines) is 1. The van der Waals surface area contributed by atoms with Crippen LogP contribution in [0.1, 0.15) is 53.7 Å². The number of fused-ring (bicyclic) bond motifs is 1. The summed E-state index contributed by atoms with van der Waals surface area (Å²) in [5.41, 5.74) is 0.274. The Bertz CT molecular complexity index is 902. The van der Waals surface area contributed by atoms with Crippen molar-refractivity contribution in [1.29, 1.82) is 0 Å². The van der Waals surface area contributed by atoms with Gasteiger partial charge >= 0.3 is 5.97 Å². The van der Waals surface area contributed by atoms with Crippen molar-refractivity contribution in [3.63, 3.8) is 0 Å². The number of carbonyl (C=O) groups excluding carboxylic acids is 2. The molecule has 0 spiro atoms. The minimum absolute atomic E-state index is 0.157. The van der Waals surface area contributed by atoms with E-state index in [9.17, 15) is 14.4 Å². The summed E-state index contributed by atoms with van der Waals surface area (Å²) in [4.78, 5) is 46.5. The van der Waals surface area contributed by atoms with Crippen molar-refractivity contribution in [2.75, 3.05) is 13.2 Å². The number of amides is 1.